The zero-order chi connectivity index (χ0) is 32.8. The second-order valence-corrected chi connectivity index (χ2v) is 13.1. The normalized spacial score (nSPS) is 22.1. The summed E-state index contributed by atoms with van der Waals surface area (Å²) < 4.78 is 23.0. The molecule has 15 heteroatoms. The Bertz CT molecular complexity index is 1250. The van der Waals surface area contributed by atoms with E-state index in [0.717, 1.165) is 5.56 Å². The molecule has 44 heavy (non-hydrogen) atoms. The van der Waals surface area contributed by atoms with E-state index >= 15 is 0 Å². The molecule has 2 atom stereocenters. The minimum Gasteiger partial charge on any atom is -0.460 e. The van der Waals surface area contributed by atoms with Crippen molar-refractivity contribution in [3.05, 3.63) is 46.3 Å². The van der Waals surface area contributed by atoms with Gasteiger partial charge in [-0.3, -0.25) is 20.3 Å². The van der Waals surface area contributed by atoms with Gasteiger partial charge in [0.2, 0.25) is 5.91 Å². The van der Waals surface area contributed by atoms with Gasteiger partial charge in [-0.1, -0.05) is 41.9 Å². The number of guanidine groups is 1. The van der Waals surface area contributed by atoms with Crippen LogP contribution in [0.4, 0.5) is 4.79 Å². The smallest absolute Gasteiger partial charge is 0.457 e. The predicted octanol–water partition coefficient (Wildman–Crippen LogP) is 4.16. The van der Waals surface area contributed by atoms with E-state index < -0.39 is 59.9 Å². The fraction of sp³-hybridized carbons (Fsp3) is 0.655. The van der Waals surface area contributed by atoms with Crippen molar-refractivity contribution in [2.45, 2.75) is 96.6 Å². The van der Waals surface area contributed by atoms with Crippen molar-refractivity contribution in [1.29, 1.82) is 5.41 Å². The van der Waals surface area contributed by atoms with Crippen molar-refractivity contribution in [1.82, 2.24) is 15.5 Å². The number of carbonyl (C=O) groups is 3. The van der Waals surface area contributed by atoms with E-state index in [1.807, 2.05) is 58.0 Å². The van der Waals surface area contributed by atoms with E-state index in [1.54, 1.807) is 20.8 Å². The summed E-state index contributed by atoms with van der Waals surface area (Å²) in [5.74, 6) is -2.22. The maximum absolute atomic E-state index is 13.6. The van der Waals surface area contributed by atoms with Crippen LogP contribution in [0.15, 0.2) is 35.4 Å². The summed E-state index contributed by atoms with van der Waals surface area (Å²) in [5.41, 5.74) is 6.96. The Balaban J connectivity index is 1.71. The number of nitrogens with zero attached hydrogens (tertiary/aromatic N) is 4. The van der Waals surface area contributed by atoms with Gasteiger partial charge in [0.1, 0.15) is 18.8 Å². The van der Waals surface area contributed by atoms with Gasteiger partial charge in [0.05, 0.1) is 11.2 Å². The van der Waals surface area contributed by atoms with Crippen LogP contribution in [0.25, 0.3) is 10.4 Å². The largest absolute Gasteiger partial charge is 0.460 e. The van der Waals surface area contributed by atoms with Crippen molar-refractivity contribution in [2.75, 3.05) is 19.6 Å². The molecule has 0 saturated carbocycles. The van der Waals surface area contributed by atoms with Crippen molar-refractivity contribution in [3.63, 3.8) is 0 Å². The van der Waals surface area contributed by atoms with Crippen LogP contribution in [-0.2, 0) is 35.0 Å². The molecule has 2 saturated heterocycles. The predicted molar refractivity (Wildman–Crippen MR) is 163 cm³/mol. The van der Waals surface area contributed by atoms with Gasteiger partial charge in [-0.15, -0.1) is 0 Å². The highest BCUT2D eigenvalue weighted by molar-refractivity contribution is 6.45. The molecule has 0 radical (unpaired) electrons. The van der Waals surface area contributed by atoms with E-state index in [1.165, 1.54) is 4.90 Å². The van der Waals surface area contributed by atoms with Crippen LogP contribution in [0.5, 0.6) is 0 Å². The zero-order valence-electron chi connectivity index (χ0n) is 26.6. The van der Waals surface area contributed by atoms with Gasteiger partial charge in [0, 0.05) is 23.9 Å². The minimum atomic E-state index is -1.65. The molecule has 2 heterocycles. The Morgan fingerprint density at radius 1 is 1.16 bits per heavy atom. The monoisotopic (exact) mass is 613 g/mol. The molecule has 3 rings (SSSR count). The van der Waals surface area contributed by atoms with Gasteiger partial charge in [0.15, 0.2) is 11.5 Å². The molecule has 3 N–H and O–H groups in total. The molecule has 2 fully saturated rings. The van der Waals surface area contributed by atoms with E-state index in [4.69, 9.17) is 24.2 Å². The standard InChI is InChI=1S/C29H44BN7O7/c1-26(2,3)42-25(40)33-16-22(38)34-24(31)37-17-21(14-11-15-30-43-27(4,5)28(6,7)44-30)29(19-37,35-36-32)23(39)41-18-20-12-9-8-10-13-20/h8-10,12-13,21H,11,14-19H2,1-7H3,(H,33,40)(H2,31,34,38)/t21-,29-/m1/s1. The highest BCUT2D eigenvalue weighted by Gasteiger charge is 2.54. The minimum absolute atomic E-state index is 0.0203. The summed E-state index contributed by atoms with van der Waals surface area (Å²) in [5, 5.41) is 17.3. The molecule has 14 nitrogen and oxygen atoms in total. The lowest BCUT2D eigenvalue weighted by atomic mass is 9.78. The molecule has 2 aliphatic rings. The number of amides is 2. The Morgan fingerprint density at radius 2 is 1.80 bits per heavy atom. The van der Waals surface area contributed by atoms with Crippen LogP contribution >= 0.6 is 0 Å². The Morgan fingerprint density at radius 3 is 2.39 bits per heavy atom. The molecule has 0 unspecified atom stereocenters. The highest BCUT2D eigenvalue weighted by atomic mass is 16.7. The van der Waals surface area contributed by atoms with E-state index in [9.17, 15) is 19.9 Å². The first-order valence-electron chi connectivity index (χ1n) is 14.7. The number of carbonyl (C=O) groups excluding carboxylic acids is 3. The number of likely N-dealkylation sites (tertiary alicyclic amines) is 1. The van der Waals surface area contributed by atoms with Crippen LogP contribution in [-0.4, -0.2) is 77.9 Å². The lowest BCUT2D eigenvalue weighted by Gasteiger charge is -2.32. The number of alkyl carbamates (subject to hydrolysis) is 1. The second-order valence-electron chi connectivity index (χ2n) is 13.1. The fourth-order valence-electron chi connectivity index (χ4n) is 5.05. The van der Waals surface area contributed by atoms with Crippen LogP contribution < -0.4 is 10.6 Å². The third-order valence-electron chi connectivity index (χ3n) is 8.00. The number of rotatable bonds is 10. The molecule has 0 aliphatic carbocycles. The third kappa shape index (κ3) is 8.87. The van der Waals surface area contributed by atoms with Crippen LogP contribution in [0, 0.1) is 11.3 Å². The average Bonchev–Trinajstić information content (AvgIpc) is 3.39. The zero-order valence-corrected chi connectivity index (χ0v) is 26.6. The van der Waals surface area contributed by atoms with E-state index in [-0.39, 0.29) is 25.7 Å². The number of azide groups is 1. The molecule has 0 aromatic heterocycles. The van der Waals surface area contributed by atoms with Gasteiger partial charge in [-0.2, -0.15) is 0 Å². The van der Waals surface area contributed by atoms with Crippen LogP contribution in [0.2, 0.25) is 6.32 Å². The van der Waals surface area contributed by atoms with Crippen LogP contribution in [0.3, 0.4) is 0 Å². The SMILES string of the molecule is CC(C)(C)OC(=O)NCC(=O)NC(=N)N1C[C@@H](CCCB2OC(C)(C)C(C)(C)O2)[C@@](N=[N+]=[N-])(C(=O)OCc2ccccc2)C1. The number of hydrogen-bond acceptors (Lipinski definition) is 9. The summed E-state index contributed by atoms with van der Waals surface area (Å²) in [6, 6.07) is 9.12. The highest BCUT2D eigenvalue weighted by Crippen LogP contribution is 2.40. The first kappa shape index (κ1) is 34.7. The Kier molecular flexibility index (Phi) is 10.9. The van der Waals surface area contributed by atoms with Gasteiger partial charge in [0.25, 0.3) is 0 Å². The molecule has 2 aliphatic heterocycles. The molecule has 2 amide bonds. The molecular weight excluding hydrogens is 569 g/mol. The lowest BCUT2D eigenvalue weighted by Crippen LogP contribution is -2.49. The second kappa shape index (κ2) is 13.9. The van der Waals surface area contributed by atoms with Gasteiger partial charge >= 0.3 is 19.2 Å². The molecule has 1 aromatic carbocycles. The molecule has 240 valence electrons. The summed E-state index contributed by atoms with van der Waals surface area (Å²) in [6.07, 6.45) is 0.774. The molecular formula is C29H44BN7O7. The van der Waals surface area contributed by atoms with E-state index in [0.29, 0.717) is 19.2 Å². The molecule has 0 spiro atoms. The van der Waals surface area contributed by atoms with Crippen molar-refractivity contribution < 1.29 is 33.2 Å². The number of hydrogen-bond donors (Lipinski definition) is 3. The molecule has 0 bridgehead atoms. The lowest BCUT2D eigenvalue weighted by molar-refractivity contribution is -0.152. The van der Waals surface area contributed by atoms with Crippen LogP contribution in [0.1, 0.15) is 66.9 Å². The van der Waals surface area contributed by atoms with E-state index in [2.05, 4.69) is 20.7 Å². The number of nitrogens with one attached hydrogen (secondary N) is 3. The van der Waals surface area contributed by atoms with Crippen molar-refractivity contribution in [3.8, 4) is 0 Å². The average molecular weight is 614 g/mol. The maximum atomic E-state index is 13.6. The molecule has 1 aromatic rings. The van der Waals surface area contributed by atoms with Gasteiger partial charge in [-0.05, 0) is 72.3 Å². The summed E-state index contributed by atoms with van der Waals surface area (Å²) in [4.78, 5) is 42.5. The number of esters is 1. The summed E-state index contributed by atoms with van der Waals surface area (Å²) in [6.45, 7) is 12.5. The van der Waals surface area contributed by atoms with Crippen molar-refractivity contribution in [2.24, 2.45) is 11.0 Å². The number of benzene rings is 1. The first-order valence-corrected chi connectivity index (χ1v) is 14.7. The topological polar surface area (TPSA) is 188 Å². The summed E-state index contributed by atoms with van der Waals surface area (Å²) >= 11 is 0. The quantitative estimate of drug-likeness (QED) is 0.0667. The number of ether oxygens (including phenoxy) is 2. The third-order valence-corrected chi connectivity index (χ3v) is 8.00. The fourth-order valence-corrected chi connectivity index (χ4v) is 5.05. The Hall–Kier alpha value is -3.81. The maximum Gasteiger partial charge on any atom is 0.457 e. The van der Waals surface area contributed by atoms with Gasteiger partial charge < -0.3 is 29.0 Å². The van der Waals surface area contributed by atoms with Crippen molar-refractivity contribution >= 4 is 31.0 Å². The first-order chi connectivity index (χ1) is 20.5. The van der Waals surface area contributed by atoms with Gasteiger partial charge in [-0.25, -0.2) is 4.79 Å². The Labute approximate surface area is 258 Å². The summed E-state index contributed by atoms with van der Waals surface area (Å²) in [7, 11) is -0.438.